The van der Waals surface area contributed by atoms with E-state index >= 15 is 0 Å². The highest BCUT2D eigenvalue weighted by Gasteiger charge is 2.16. The van der Waals surface area contributed by atoms with Gasteiger partial charge in [0.05, 0.1) is 25.0 Å². The van der Waals surface area contributed by atoms with Crippen LogP contribution in [0.3, 0.4) is 0 Å². The lowest BCUT2D eigenvalue weighted by Crippen LogP contribution is -2.39. The minimum atomic E-state index is 0.666. The Hall–Kier alpha value is -3.21. The monoisotopic (exact) mass is 462 g/mol. The first-order valence-electron chi connectivity index (χ1n) is 11.0. The molecule has 1 N–H and O–H groups in total. The molecule has 4 aromatic rings. The van der Waals surface area contributed by atoms with Crippen molar-refractivity contribution in [2.75, 3.05) is 44.7 Å². The number of nitrogens with zero attached hydrogens (tertiary/aromatic N) is 7. The summed E-state index contributed by atoms with van der Waals surface area (Å²) in [5.41, 5.74) is 3.96. The molecule has 0 spiro atoms. The Balaban J connectivity index is 1.43. The minimum absolute atomic E-state index is 0.666. The molecule has 1 saturated heterocycles. The normalized spacial score (nSPS) is 14.5. The molecular weight excluding hydrogens is 436 g/mol. The summed E-state index contributed by atoms with van der Waals surface area (Å²) in [6.45, 7) is 7.15. The maximum atomic E-state index is 5.45. The Morgan fingerprint density at radius 1 is 1.09 bits per heavy atom. The van der Waals surface area contributed by atoms with Crippen LogP contribution in [0.5, 0.6) is 0 Å². The van der Waals surface area contributed by atoms with Crippen molar-refractivity contribution in [3.8, 4) is 33.1 Å². The average Bonchev–Trinajstić information content (AvgIpc) is 3.48. The molecule has 1 aromatic carbocycles. The van der Waals surface area contributed by atoms with Gasteiger partial charge in [0.15, 0.2) is 10.8 Å². The first kappa shape index (κ1) is 21.6. The molecule has 0 unspecified atom stereocenters. The molecule has 1 fully saturated rings. The van der Waals surface area contributed by atoms with E-state index in [-0.39, 0.29) is 0 Å². The molecule has 1 aliphatic rings. The molecule has 0 amide bonds. The minimum Gasteiger partial charge on any atom is -0.379 e. The van der Waals surface area contributed by atoms with Crippen molar-refractivity contribution >= 4 is 17.2 Å². The van der Waals surface area contributed by atoms with Crippen LogP contribution in [0.1, 0.15) is 5.01 Å². The molecule has 4 heterocycles. The summed E-state index contributed by atoms with van der Waals surface area (Å²) in [4.78, 5) is 12.0. The van der Waals surface area contributed by atoms with E-state index in [4.69, 9.17) is 9.72 Å². The van der Waals surface area contributed by atoms with Gasteiger partial charge in [-0.05, 0) is 18.6 Å². The third kappa shape index (κ3) is 5.08. The number of hydrogen-bond acceptors (Lipinski definition) is 9. The lowest BCUT2D eigenvalue weighted by molar-refractivity contribution is 0.0398. The van der Waals surface area contributed by atoms with E-state index in [1.165, 1.54) is 0 Å². The lowest BCUT2D eigenvalue weighted by atomic mass is 10.1. The summed E-state index contributed by atoms with van der Waals surface area (Å²) in [6, 6.07) is 8.22. The van der Waals surface area contributed by atoms with Crippen LogP contribution in [0.2, 0.25) is 0 Å². The fourth-order valence-electron chi connectivity index (χ4n) is 3.78. The van der Waals surface area contributed by atoms with Gasteiger partial charge in [-0.1, -0.05) is 29.5 Å². The van der Waals surface area contributed by atoms with E-state index in [9.17, 15) is 0 Å². The van der Waals surface area contributed by atoms with Crippen LogP contribution in [-0.2, 0) is 11.8 Å². The highest BCUT2D eigenvalue weighted by molar-refractivity contribution is 7.14. The number of nitrogens with one attached hydrogen (secondary N) is 1. The van der Waals surface area contributed by atoms with Crippen LogP contribution in [0.15, 0.2) is 42.9 Å². The number of benzene rings is 1. The van der Waals surface area contributed by atoms with E-state index in [1.54, 1.807) is 16.0 Å². The number of ether oxygens (including phenoxy) is 1. The van der Waals surface area contributed by atoms with Gasteiger partial charge in [0.2, 0.25) is 0 Å². The predicted octanol–water partition coefficient (Wildman–Crippen LogP) is 3.12. The largest absolute Gasteiger partial charge is 0.379 e. The molecule has 3 aromatic heterocycles. The molecule has 1 aliphatic heterocycles. The van der Waals surface area contributed by atoms with Crippen molar-refractivity contribution in [1.29, 1.82) is 0 Å². The molecule has 170 valence electrons. The second kappa shape index (κ2) is 9.74. The molecule has 5 rings (SSSR count). The van der Waals surface area contributed by atoms with Crippen molar-refractivity contribution in [2.45, 2.75) is 6.92 Å². The second-order valence-corrected chi connectivity index (χ2v) is 9.13. The SMILES string of the molecule is Cc1nnc(-c2cnc(-c3cccc(-c4cnn(C)c4)c3)nc2NCCN2CCOCC2)s1. The van der Waals surface area contributed by atoms with Gasteiger partial charge >= 0.3 is 0 Å². The summed E-state index contributed by atoms with van der Waals surface area (Å²) in [5.74, 6) is 1.44. The Bertz CT molecular complexity index is 1230. The summed E-state index contributed by atoms with van der Waals surface area (Å²) < 4.78 is 7.25. The van der Waals surface area contributed by atoms with Crippen molar-refractivity contribution in [1.82, 2.24) is 34.8 Å². The zero-order valence-electron chi connectivity index (χ0n) is 18.7. The fraction of sp³-hybridized carbons (Fsp3) is 0.348. The van der Waals surface area contributed by atoms with Gasteiger partial charge < -0.3 is 10.1 Å². The molecule has 33 heavy (non-hydrogen) atoms. The molecule has 9 nitrogen and oxygen atoms in total. The van der Waals surface area contributed by atoms with Gasteiger partial charge in [0.25, 0.3) is 0 Å². The van der Waals surface area contributed by atoms with Crippen LogP contribution in [0, 0.1) is 6.92 Å². The maximum Gasteiger partial charge on any atom is 0.161 e. The van der Waals surface area contributed by atoms with Crippen LogP contribution >= 0.6 is 11.3 Å². The number of rotatable bonds is 7. The van der Waals surface area contributed by atoms with Crippen molar-refractivity contribution in [3.05, 3.63) is 47.9 Å². The van der Waals surface area contributed by atoms with Crippen molar-refractivity contribution in [2.24, 2.45) is 7.05 Å². The predicted molar refractivity (Wildman–Crippen MR) is 129 cm³/mol. The van der Waals surface area contributed by atoms with E-state index in [2.05, 4.69) is 42.6 Å². The van der Waals surface area contributed by atoms with Crippen LogP contribution in [-0.4, -0.2) is 74.2 Å². The third-order valence-electron chi connectivity index (χ3n) is 5.53. The summed E-state index contributed by atoms with van der Waals surface area (Å²) in [7, 11) is 1.92. The molecule has 10 heteroatoms. The quantitative estimate of drug-likeness (QED) is 0.448. The van der Waals surface area contributed by atoms with Gasteiger partial charge in [-0.2, -0.15) is 5.10 Å². The van der Waals surface area contributed by atoms with E-state index < -0.39 is 0 Å². The highest BCUT2D eigenvalue weighted by Crippen LogP contribution is 2.31. The number of morpholine rings is 1. The summed E-state index contributed by atoms with van der Waals surface area (Å²) in [5, 5.41) is 18.0. The maximum absolute atomic E-state index is 5.45. The highest BCUT2D eigenvalue weighted by atomic mass is 32.1. The van der Waals surface area contributed by atoms with Gasteiger partial charge in [-0.15, -0.1) is 10.2 Å². The lowest BCUT2D eigenvalue weighted by Gasteiger charge is -2.26. The molecule has 0 atom stereocenters. The Labute approximate surface area is 196 Å². The molecular formula is C23H26N8OS. The zero-order chi connectivity index (χ0) is 22.6. The molecule has 0 radical (unpaired) electrons. The summed E-state index contributed by atoms with van der Waals surface area (Å²) in [6.07, 6.45) is 5.70. The molecule has 0 saturated carbocycles. The van der Waals surface area contributed by atoms with E-state index in [0.29, 0.717) is 5.82 Å². The van der Waals surface area contributed by atoms with Crippen molar-refractivity contribution < 1.29 is 4.74 Å². The Kier molecular flexibility index (Phi) is 6.38. The van der Waals surface area contributed by atoms with Crippen LogP contribution < -0.4 is 5.32 Å². The second-order valence-electron chi connectivity index (χ2n) is 7.95. The van der Waals surface area contributed by atoms with Gasteiger partial charge in [-0.3, -0.25) is 9.58 Å². The number of anilines is 1. The fourth-order valence-corrected chi connectivity index (χ4v) is 4.49. The van der Waals surface area contributed by atoms with Gasteiger partial charge in [0, 0.05) is 56.7 Å². The van der Waals surface area contributed by atoms with Gasteiger partial charge in [-0.25, -0.2) is 9.97 Å². The van der Waals surface area contributed by atoms with Crippen LogP contribution in [0.25, 0.3) is 33.1 Å². The number of hydrogen-bond donors (Lipinski definition) is 1. The number of aryl methyl sites for hydroxylation is 2. The summed E-state index contributed by atoms with van der Waals surface area (Å²) >= 11 is 1.54. The van der Waals surface area contributed by atoms with Crippen LogP contribution in [0.4, 0.5) is 5.82 Å². The zero-order valence-corrected chi connectivity index (χ0v) is 19.5. The molecule has 0 aliphatic carbocycles. The number of aromatic nitrogens is 6. The Morgan fingerprint density at radius 3 is 2.70 bits per heavy atom. The first-order chi connectivity index (χ1) is 16.2. The smallest absolute Gasteiger partial charge is 0.161 e. The third-order valence-corrected chi connectivity index (χ3v) is 6.40. The average molecular weight is 463 g/mol. The standard InChI is InChI=1S/C23H26N8OS/c1-16-28-29-23(33-16)20-14-25-21(27-22(20)24-6-7-31-8-10-32-11-9-31)18-5-3-4-17(12-18)19-13-26-30(2)15-19/h3-5,12-15H,6-11H2,1-2H3,(H,24,25,27). The van der Waals surface area contributed by atoms with Crippen molar-refractivity contribution in [3.63, 3.8) is 0 Å². The van der Waals surface area contributed by atoms with E-state index in [1.807, 2.05) is 44.7 Å². The van der Waals surface area contributed by atoms with Gasteiger partial charge in [0.1, 0.15) is 10.8 Å². The Morgan fingerprint density at radius 2 is 1.94 bits per heavy atom. The molecule has 0 bridgehead atoms. The topological polar surface area (TPSA) is 93.9 Å². The van der Waals surface area contributed by atoms with E-state index in [0.717, 1.165) is 77.5 Å². The first-order valence-corrected chi connectivity index (χ1v) is 11.8.